The molecular formula is C23H26N8O2. The maximum Gasteiger partial charge on any atom is 0.330 e. The highest BCUT2D eigenvalue weighted by Gasteiger charge is 2.59. The average molecular weight is 448 g/mol. The zero-order valence-electron chi connectivity index (χ0n) is 19.5. The number of aliphatic hydroxyl groups is 1. The van der Waals surface area contributed by atoms with E-state index in [0.717, 1.165) is 36.2 Å². The number of anilines is 2. The van der Waals surface area contributed by atoms with Gasteiger partial charge in [0.15, 0.2) is 11.3 Å². The van der Waals surface area contributed by atoms with Crippen LogP contribution in [0.1, 0.15) is 39.0 Å². The van der Waals surface area contributed by atoms with Crippen molar-refractivity contribution in [3.63, 3.8) is 0 Å². The van der Waals surface area contributed by atoms with Gasteiger partial charge in [0.1, 0.15) is 11.8 Å². The maximum atomic E-state index is 13.5. The number of nitrogens with one attached hydrogen (secondary N) is 1. The van der Waals surface area contributed by atoms with E-state index in [1.165, 1.54) is 6.33 Å². The number of aromatic nitrogens is 7. The predicted octanol–water partition coefficient (Wildman–Crippen LogP) is 2.12. The van der Waals surface area contributed by atoms with Gasteiger partial charge < -0.3 is 10.4 Å². The lowest BCUT2D eigenvalue weighted by molar-refractivity contribution is -0.144. The molecule has 6 unspecified atom stereocenters. The molecule has 8 rings (SSSR count). The summed E-state index contributed by atoms with van der Waals surface area (Å²) in [6, 6.07) is 1.93. The van der Waals surface area contributed by atoms with Gasteiger partial charge in [-0.2, -0.15) is 10.1 Å². The molecule has 33 heavy (non-hydrogen) atoms. The first kappa shape index (κ1) is 18.2. The van der Waals surface area contributed by atoms with Gasteiger partial charge in [-0.05, 0) is 68.4 Å². The van der Waals surface area contributed by atoms with Crippen molar-refractivity contribution < 1.29 is 6.48 Å². The lowest BCUT2D eigenvalue weighted by Gasteiger charge is -2.59. The van der Waals surface area contributed by atoms with E-state index < -0.39 is 11.6 Å². The quantitative estimate of drug-likeness (QED) is 0.494. The molecular weight excluding hydrogens is 420 g/mol. The number of aliphatic hydroxyl groups excluding tert-OH is 1. The zero-order valence-corrected chi connectivity index (χ0v) is 18.5. The first-order valence-electron chi connectivity index (χ1n) is 12.1. The average Bonchev–Trinajstić information content (AvgIpc) is 3.36. The highest BCUT2D eigenvalue weighted by atomic mass is 16.3. The van der Waals surface area contributed by atoms with E-state index in [4.69, 9.17) is 6.35 Å². The van der Waals surface area contributed by atoms with Crippen molar-refractivity contribution in [2.75, 3.05) is 5.32 Å². The largest absolute Gasteiger partial charge is 0.390 e. The molecule has 4 aliphatic rings. The lowest BCUT2D eigenvalue weighted by atomic mass is 9.51. The van der Waals surface area contributed by atoms with Gasteiger partial charge in [-0.1, -0.05) is 0 Å². The van der Waals surface area contributed by atoms with Gasteiger partial charge in [0.05, 0.1) is 29.7 Å². The molecule has 6 atom stereocenters. The molecule has 4 fully saturated rings. The van der Waals surface area contributed by atoms with Crippen molar-refractivity contribution in [2.24, 2.45) is 24.8 Å². The predicted molar refractivity (Wildman–Crippen MR) is 121 cm³/mol. The molecule has 4 aromatic rings. The topological polar surface area (TPSA) is 115 Å². The lowest BCUT2D eigenvalue weighted by Crippen LogP contribution is -2.63. The van der Waals surface area contributed by atoms with Crippen molar-refractivity contribution in [2.45, 2.75) is 50.6 Å². The second kappa shape index (κ2) is 6.40. The molecule has 2 N–H and O–H groups in total. The van der Waals surface area contributed by atoms with E-state index in [1.54, 1.807) is 26.9 Å². The molecule has 4 aliphatic carbocycles. The van der Waals surface area contributed by atoms with Gasteiger partial charge in [0.25, 0.3) is 0 Å². The number of hydrogen-bond acceptors (Lipinski definition) is 7. The molecule has 4 aromatic heterocycles. The Morgan fingerprint density at radius 1 is 1.27 bits per heavy atom. The molecule has 4 saturated carbocycles. The minimum Gasteiger partial charge on any atom is -0.390 e. The van der Waals surface area contributed by atoms with Crippen molar-refractivity contribution in [1.29, 1.82) is 0 Å². The second-order valence-electron chi connectivity index (χ2n) is 10.0. The number of rotatable bonds is 3. The number of hydrogen-bond donors (Lipinski definition) is 2. The fraction of sp³-hybridized carbons (Fsp3) is 0.522. The van der Waals surface area contributed by atoms with Gasteiger partial charge in [-0.3, -0.25) is 9.13 Å². The van der Waals surface area contributed by atoms with Crippen LogP contribution in [0.2, 0.25) is 0 Å². The fourth-order valence-electron chi connectivity index (χ4n) is 6.74. The highest BCUT2D eigenvalue weighted by molar-refractivity contribution is 5.73. The second-order valence-corrected chi connectivity index (χ2v) is 10.0. The first-order chi connectivity index (χ1) is 16.4. The Morgan fingerprint density at radius 2 is 2.12 bits per heavy atom. The van der Waals surface area contributed by atoms with Crippen LogP contribution in [0.4, 0.5) is 11.6 Å². The minimum atomic E-state index is -0.727. The minimum absolute atomic E-state index is 0.0927. The third-order valence-electron chi connectivity index (χ3n) is 8.09. The summed E-state index contributed by atoms with van der Waals surface area (Å²) in [5.41, 5.74) is 2.74. The van der Waals surface area contributed by atoms with E-state index >= 15 is 0 Å². The number of pyridine rings is 1. The summed E-state index contributed by atoms with van der Waals surface area (Å²) in [4.78, 5) is 27.0. The van der Waals surface area contributed by atoms with Gasteiger partial charge in [0, 0.05) is 8.42 Å². The van der Waals surface area contributed by atoms with E-state index in [0.29, 0.717) is 29.5 Å². The van der Waals surface area contributed by atoms with Gasteiger partial charge in [-0.25, -0.2) is 19.3 Å². The smallest absolute Gasteiger partial charge is 0.330 e. The Morgan fingerprint density at radius 3 is 3.00 bits per heavy atom. The third-order valence-corrected chi connectivity index (χ3v) is 8.09. The SMILES string of the molecule is [2H]C1C2CC3CC1C(O)C(n1c(=O)n(C)c4cnc(Nc5cn6ncnc6cc5C)nc41)(C3)C2. The van der Waals surface area contributed by atoms with Crippen LogP contribution in [0.5, 0.6) is 0 Å². The summed E-state index contributed by atoms with van der Waals surface area (Å²) in [5.74, 6) is 0.920. The number of nitrogens with zero attached hydrogens (tertiary/aromatic N) is 7. The summed E-state index contributed by atoms with van der Waals surface area (Å²) in [5, 5.41) is 18.9. The van der Waals surface area contributed by atoms with Crippen LogP contribution in [0.15, 0.2) is 29.6 Å². The standard InChI is InChI=1S/C23H26N8O2/c1-12-3-18-25-11-26-30(18)10-16(12)27-21-24-9-17-20(28-21)31(22(33)29(17)2)23-7-13-4-14(8-23)6-15(5-13)19(23)32/h3,9-11,13-15,19,32H,4-8H2,1-2H3,(H,24,27,28)/i5D. The Labute approximate surface area is 190 Å². The van der Waals surface area contributed by atoms with Gasteiger partial charge >= 0.3 is 5.69 Å². The zero-order chi connectivity index (χ0) is 23.4. The van der Waals surface area contributed by atoms with Crippen LogP contribution in [-0.4, -0.2) is 44.9 Å². The third kappa shape index (κ3) is 2.55. The molecule has 4 bridgehead atoms. The van der Waals surface area contributed by atoms with Crippen molar-refractivity contribution in [3.05, 3.63) is 40.8 Å². The molecule has 10 nitrogen and oxygen atoms in total. The van der Waals surface area contributed by atoms with Crippen molar-refractivity contribution in [1.82, 2.24) is 33.7 Å². The van der Waals surface area contributed by atoms with Crippen LogP contribution in [0.25, 0.3) is 16.8 Å². The van der Waals surface area contributed by atoms with Crippen LogP contribution >= 0.6 is 0 Å². The van der Waals surface area contributed by atoms with E-state index in [9.17, 15) is 9.90 Å². The molecule has 0 aromatic carbocycles. The fourth-order valence-corrected chi connectivity index (χ4v) is 6.74. The molecule has 0 amide bonds. The summed E-state index contributed by atoms with van der Waals surface area (Å²) >= 11 is 0. The van der Waals surface area contributed by atoms with E-state index in [2.05, 4.69) is 20.4 Å². The number of aryl methyl sites for hydroxylation is 2. The highest BCUT2D eigenvalue weighted by Crippen LogP contribution is 2.58. The summed E-state index contributed by atoms with van der Waals surface area (Å²) in [7, 11) is 1.72. The van der Waals surface area contributed by atoms with Crippen molar-refractivity contribution in [3.8, 4) is 0 Å². The number of imidazole rings is 1. The van der Waals surface area contributed by atoms with Crippen LogP contribution in [-0.2, 0) is 12.6 Å². The molecule has 0 aliphatic heterocycles. The van der Waals surface area contributed by atoms with E-state index in [1.807, 2.05) is 19.2 Å². The molecule has 0 spiro atoms. The molecule has 4 heterocycles. The Kier molecular flexibility index (Phi) is 3.53. The monoisotopic (exact) mass is 447 g/mol. The Hall–Kier alpha value is -3.27. The summed E-state index contributed by atoms with van der Waals surface area (Å²) in [6.07, 6.45) is 7.30. The maximum absolute atomic E-state index is 13.5. The Bertz CT molecular complexity index is 1520. The van der Waals surface area contributed by atoms with Gasteiger partial charge in [0.2, 0.25) is 5.95 Å². The molecule has 170 valence electrons. The van der Waals surface area contributed by atoms with E-state index in [-0.39, 0.29) is 23.9 Å². The van der Waals surface area contributed by atoms with Crippen molar-refractivity contribution >= 4 is 28.4 Å². The Balaban J connectivity index is 1.37. The summed E-state index contributed by atoms with van der Waals surface area (Å²) < 4.78 is 13.6. The first-order valence-corrected chi connectivity index (χ1v) is 11.5. The number of fused-ring (bicyclic) bond motifs is 2. The van der Waals surface area contributed by atoms with Crippen LogP contribution < -0.4 is 11.0 Å². The summed E-state index contributed by atoms with van der Waals surface area (Å²) in [6.45, 7) is 1.97. The van der Waals surface area contributed by atoms with Crippen LogP contribution in [0, 0.1) is 24.7 Å². The molecule has 10 heteroatoms. The molecule has 0 saturated heterocycles. The van der Waals surface area contributed by atoms with Gasteiger partial charge in [-0.15, -0.1) is 0 Å². The normalized spacial score (nSPS) is 33.2. The molecule has 0 radical (unpaired) electrons. The van der Waals surface area contributed by atoms with Crippen LogP contribution in [0.3, 0.4) is 0 Å².